The number of carbonyl (C=O) groups excluding carboxylic acids is 1. The molecule has 1 heterocycles. The first-order valence-corrected chi connectivity index (χ1v) is 8.10. The van der Waals surface area contributed by atoms with Gasteiger partial charge >= 0.3 is 6.09 Å². The Morgan fingerprint density at radius 3 is 2.40 bits per heavy atom. The van der Waals surface area contributed by atoms with Crippen LogP contribution < -0.4 is 5.73 Å². The molecule has 2 N–H and O–H groups in total. The summed E-state index contributed by atoms with van der Waals surface area (Å²) in [6.45, 7) is 7.26. The van der Waals surface area contributed by atoms with Crippen molar-refractivity contribution in [2.45, 2.75) is 70.9 Å². The van der Waals surface area contributed by atoms with E-state index < -0.39 is 5.60 Å². The van der Waals surface area contributed by atoms with E-state index in [0.29, 0.717) is 11.8 Å². The lowest BCUT2D eigenvalue weighted by Gasteiger charge is -2.42. The lowest BCUT2D eigenvalue weighted by molar-refractivity contribution is 0.00853. The molecule has 0 radical (unpaired) electrons. The molecule has 20 heavy (non-hydrogen) atoms. The molecule has 2 unspecified atom stereocenters. The van der Waals surface area contributed by atoms with E-state index >= 15 is 0 Å². The van der Waals surface area contributed by atoms with Crippen LogP contribution in [0.1, 0.15) is 59.3 Å². The van der Waals surface area contributed by atoms with Crippen LogP contribution in [0.5, 0.6) is 0 Å². The van der Waals surface area contributed by atoms with Crippen LogP contribution in [-0.2, 0) is 4.74 Å². The third-order valence-corrected chi connectivity index (χ3v) is 4.62. The van der Waals surface area contributed by atoms with E-state index in [2.05, 4.69) is 0 Å². The molecule has 2 fully saturated rings. The summed E-state index contributed by atoms with van der Waals surface area (Å²) in [5, 5.41) is 0. The van der Waals surface area contributed by atoms with Crippen molar-refractivity contribution < 1.29 is 9.53 Å². The van der Waals surface area contributed by atoms with Gasteiger partial charge in [0.2, 0.25) is 0 Å². The van der Waals surface area contributed by atoms with Crippen LogP contribution in [-0.4, -0.2) is 35.7 Å². The second kappa shape index (κ2) is 6.33. The van der Waals surface area contributed by atoms with Crippen LogP contribution in [0.15, 0.2) is 0 Å². The predicted octanol–water partition coefficient (Wildman–Crippen LogP) is 3.15. The molecule has 1 aliphatic heterocycles. The molecule has 2 rings (SSSR count). The van der Waals surface area contributed by atoms with E-state index in [1.807, 2.05) is 25.7 Å². The Balaban J connectivity index is 1.94. The largest absolute Gasteiger partial charge is 0.444 e. The summed E-state index contributed by atoms with van der Waals surface area (Å²) >= 11 is 0. The van der Waals surface area contributed by atoms with Crippen molar-refractivity contribution in [3.05, 3.63) is 0 Å². The molecule has 116 valence electrons. The maximum Gasteiger partial charge on any atom is 0.410 e. The molecule has 1 saturated carbocycles. The highest BCUT2D eigenvalue weighted by Crippen LogP contribution is 2.34. The Kier molecular flexibility index (Phi) is 4.95. The summed E-state index contributed by atoms with van der Waals surface area (Å²) in [6.07, 6.45) is 7.28. The van der Waals surface area contributed by atoms with Gasteiger partial charge in [0.1, 0.15) is 5.60 Å². The number of nitrogens with two attached hydrogens (primary N) is 1. The van der Waals surface area contributed by atoms with E-state index in [1.165, 1.54) is 32.1 Å². The summed E-state index contributed by atoms with van der Waals surface area (Å²) in [6, 6.07) is 0.247. The molecule has 1 amide bonds. The standard InChI is InChI=1S/C16H30N2O2/c1-16(2,3)20-15(19)18-10-9-14(17)13(11-18)12-7-5-4-6-8-12/h12-14H,4-11,17H2,1-3H3. The second-order valence-corrected chi connectivity index (χ2v) is 7.44. The predicted molar refractivity (Wildman–Crippen MR) is 80.5 cm³/mol. The van der Waals surface area contributed by atoms with Crippen molar-refractivity contribution in [1.82, 2.24) is 4.90 Å². The number of rotatable bonds is 1. The topological polar surface area (TPSA) is 55.6 Å². The van der Waals surface area contributed by atoms with Gasteiger partial charge in [0.25, 0.3) is 0 Å². The van der Waals surface area contributed by atoms with E-state index in [0.717, 1.165) is 19.5 Å². The summed E-state index contributed by atoms with van der Waals surface area (Å²) in [7, 11) is 0. The van der Waals surface area contributed by atoms with Gasteiger partial charge in [-0.2, -0.15) is 0 Å². The summed E-state index contributed by atoms with van der Waals surface area (Å²) in [4.78, 5) is 14.1. The fourth-order valence-electron chi connectivity index (χ4n) is 3.55. The third kappa shape index (κ3) is 4.11. The quantitative estimate of drug-likeness (QED) is 0.803. The normalized spacial score (nSPS) is 29.3. The van der Waals surface area contributed by atoms with E-state index in [4.69, 9.17) is 10.5 Å². The van der Waals surface area contributed by atoms with E-state index in [1.54, 1.807) is 0 Å². The smallest absolute Gasteiger partial charge is 0.410 e. The molecular formula is C16H30N2O2. The maximum atomic E-state index is 12.2. The number of ether oxygens (including phenoxy) is 1. The van der Waals surface area contributed by atoms with Crippen molar-refractivity contribution >= 4 is 6.09 Å². The second-order valence-electron chi connectivity index (χ2n) is 7.44. The van der Waals surface area contributed by atoms with Crippen LogP contribution in [0.2, 0.25) is 0 Å². The van der Waals surface area contributed by atoms with Gasteiger partial charge in [0.05, 0.1) is 0 Å². The van der Waals surface area contributed by atoms with Crippen LogP contribution in [0.25, 0.3) is 0 Å². The molecule has 2 aliphatic rings. The molecule has 1 saturated heterocycles. The molecule has 0 aromatic rings. The zero-order valence-electron chi connectivity index (χ0n) is 13.2. The lowest BCUT2D eigenvalue weighted by Crippen LogP contribution is -2.52. The molecule has 4 nitrogen and oxygen atoms in total. The number of hydrogen-bond acceptors (Lipinski definition) is 3. The Bertz CT molecular complexity index is 332. The fraction of sp³-hybridized carbons (Fsp3) is 0.938. The van der Waals surface area contributed by atoms with Gasteiger partial charge in [-0.3, -0.25) is 0 Å². The van der Waals surface area contributed by atoms with E-state index in [9.17, 15) is 4.79 Å². The van der Waals surface area contributed by atoms with Gasteiger partial charge in [0.15, 0.2) is 0 Å². The van der Waals surface area contributed by atoms with Crippen molar-refractivity contribution in [3.63, 3.8) is 0 Å². The van der Waals surface area contributed by atoms with Gasteiger partial charge in [0, 0.05) is 19.1 Å². The monoisotopic (exact) mass is 282 g/mol. The van der Waals surface area contributed by atoms with Crippen LogP contribution in [0.4, 0.5) is 4.79 Å². The van der Waals surface area contributed by atoms with Gasteiger partial charge in [-0.25, -0.2) is 4.79 Å². The molecule has 0 aromatic heterocycles. The Hall–Kier alpha value is -0.770. The molecule has 1 aliphatic carbocycles. The van der Waals surface area contributed by atoms with Crippen molar-refractivity contribution in [2.75, 3.05) is 13.1 Å². The average molecular weight is 282 g/mol. The summed E-state index contributed by atoms with van der Waals surface area (Å²) in [5.41, 5.74) is 5.90. The SMILES string of the molecule is CC(C)(C)OC(=O)N1CCC(N)C(C2CCCCC2)C1. The minimum Gasteiger partial charge on any atom is -0.444 e. The Morgan fingerprint density at radius 2 is 1.80 bits per heavy atom. The fourth-order valence-corrected chi connectivity index (χ4v) is 3.55. The molecule has 4 heteroatoms. The minimum atomic E-state index is -0.420. The molecular weight excluding hydrogens is 252 g/mol. The average Bonchev–Trinajstić information content (AvgIpc) is 2.38. The summed E-state index contributed by atoms with van der Waals surface area (Å²) in [5.74, 6) is 1.15. The van der Waals surface area contributed by atoms with Gasteiger partial charge in [-0.15, -0.1) is 0 Å². The lowest BCUT2D eigenvalue weighted by atomic mass is 9.74. The first kappa shape index (κ1) is 15.6. The van der Waals surface area contributed by atoms with Gasteiger partial charge < -0.3 is 15.4 Å². The Morgan fingerprint density at radius 1 is 1.15 bits per heavy atom. The number of hydrogen-bond donors (Lipinski definition) is 1. The van der Waals surface area contributed by atoms with Crippen LogP contribution >= 0.6 is 0 Å². The van der Waals surface area contributed by atoms with Gasteiger partial charge in [-0.1, -0.05) is 32.1 Å². The zero-order chi connectivity index (χ0) is 14.8. The van der Waals surface area contributed by atoms with Crippen molar-refractivity contribution in [1.29, 1.82) is 0 Å². The highest BCUT2D eigenvalue weighted by molar-refractivity contribution is 5.68. The van der Waals surface area contributed by atoms with Crippen molar-refractivity contribution in [2.24, 2.45) is 17.6 Å². The van der Waals surface area contributed by atoms with Crippen molar-refractivity contribution in [3.8, 4) is 0 Å². The number of piperidine rings is 1. The summed E-state index contributed by atoms with van der Waals surface area (Å²) < 4.78 is 5.49. The third-order valence-electron chi connectivity index (χ3n) is 4.62. The minimum absolute atomic E-state index is 0.176. The first-order valence-electron chi connectivity index (χ1n) is 8.10. The van der Waals surface area contributed by atoms with Crippen LogP contribution in [0, 0.1) is 11.8 Å². The molecule has 0 bridgehead atoms. The maximum absolute atomic E-state index is 12.2. The van der Waals surface area contributed by atoms with Gasteiger partial charge in [-0.05, 0) is 39.0 Å². The number of carbonyl (C=O) groups is 1. The molecule has 0 aromatic carbocycles. The van der Waals surface area contributed by atoms with E-state index in [-0.39, 0.29) is 12.1 Å². The number of amides is 1. The molecule has 0 spiro atoms. The Labute approximate surface area is 123 Å². The first-order chi connectivity index (χ1) is 9.37. The highest BCUT2D eigenvalue weighted by Gasteiger charge is 2.36. The van der Waals surface area contributed by atoms with Crippen LogP contribution in [0.3, 0.4) is 0 Å². The number of likely N-dealkylation sites (tertiary alicyclic amines) is 1. The number of nitrogens with zero attached hydrogens (tertiary/aromatic N) is 1. The zero-order valence-corrected chi connectivity index (χ0v) is 13.2. The highest BCUT2D eigenvalue weighted by atomic mass is 16.6. The molecule has 2 atom stereocenters.